The van der Waals surface area contributed by atoms with Crippen LogP contribution in [0.2, 0.25) is 0 Å². The highest BCUT2D eigenvalue weighted by Gasteiger charge is 2.38. The molecule has 0 aromatic heterocycles. The molecule has 0 radical (unpaired) electrons. The smallest absolute Gasteiger partial charge is 0.226 e. The molecule has 3 rings (SSSR count). The van der Waals surface area contributed by atoms with Crippen LogP contribution in [-0.2, 0) is 16.1 Å². The van der Waals surface area contributed by atoms with Gasteiger partial charge in [0.2, 0.25) is 11.8 Å². The molecule has 2 atom stereocenters. The maximum atomic E-state index is 12.8. The van der Waals surface area contributed by atoms with Gasteiger partial charge in [-0.25, -0.2) is 0 Å². The van der Waals surface area contributed by atoms with E-state index in [1.807, 2.05) is 29.2 Å². The van der Waals surface area contributed by atoms with E-state index in [2.05, 4.69) is 5.32 Å². The number of nitrogens with zero attached hydrogens (tertiary/aromatic N) is 1. The number of rotatable bonds is 5. The summed E-state index contributed by atoms with van der Waals surface area (Å²) >= 11 is 0. The molecule has 5 nitrogen and oxygen atoms in total. The quantitative estimate of drug-likeness (QED) is 0.872. The number of amides is 2. The number of benzene rings is 1. The van der Waals surface area contributed by atoms with Crippen LogP contribution in [0.1, 0.15) is 51.0 Å². The highest BCUT2D eigenvalue weighted by atomic mass is 16.2. The van der Waals surface area contributed by atoms with Crippen LogP contribution in [0.25, 0.3) is 0 Å². The molecule has 24 heavy (non-hydrogen) atoms. The van der Waals surface area contributed by atoms with E-state index < -0.39 is 0 Å². The van der Waals surface area contributed by atoms with Crippen LogP contribution >= 0.6 is 0 Å². The molecular weight excluding hydrogens is 302 g/mol. The van der Waals surface area contributed by atoms with Crippen molar-refractivity contribution in [1.82, 2.24) is 4.90 Å². The van der Waals surface area contributed by atoms with Gasteiger partial charge in [0, 0.05) is 37.2 Å². The minimum Gasteiger partial charge on any atom is -0.334 e. The van der Waals surface area contributed by atoms with E-state index in [1.165, 1.54) is 6.92 Å². The monoisotopic (exact) mass is 329 g/mol. The third-order valence-electron chi connectivity index (χ3n) is 4.99. The Morgan fingerprint density at radius 1 is 1.21 bits per heavy atom. The lowest BCUT2D eigenvalue weighted by Gasteiger charge is -2.38. The Balaban J connectivity index is 1.78. The zero-order valence-corrected chi connectivity index (χ0v) is 14.3. The van der Waals surface area contributed by atoms with Gasteiger partial charge in [0.15, 0.2) is 0 Å². The van der Waals surface area contributed by atoms with Crippen molar-refractivity contribution in [2.75, 3.05) is 5.32 Å². The van der Waals surface area contributed by atoms with Crippen LogP contribution in [0, 0.1) is 5.92 Å². The molecule has 2 aliphatic rings. The fourth-order valence-corrected chi connectivity index (χ4v) is 3.60. The summed E-state index contributed by atoms with van der Waals surface area (Å²) in [6.07, 6.45) is 6.28. The molecule has 3 N–H and O–H groups in total. The minimum atomic E-state index is -0.0904. The number of nitrogens with one attached hydrogen (secondary N) is 1. The second-order valence-electron chi connectivity index (χ2n) is 7.14. The lowest BCUT2D eigenvalue weighted by atomic mass is 9.89. The van der Waals surface area contributed by atoms with Gasteiger partial charge in [-0.2, -0.15) is 0 Å². The first-order valence-electron chi connectivity index (χ1n) is 8.97. The van der Waals surface area contributed by atoms with Crippen LogP contribution in [-0.4, -0.2) is 28.8 Å². The first-order valence-corrected chi connectivity index (χ1v) is 8.97. The van der Waals surface area contributed by atoms with E-state index in [1.54, 1.807) is 0 Å². The van der Waals surface area contributed by atoms with Gasteiger partial charge in [-0.1, -0.05) is 25.0 Å². The SMILES string of the molecule is CC(=O)Nc1cccc(CN(C(=O)C2CC2)C2CCCCC2N)c1. The Labute approximate surface area is 143 Å². The van der Waals surface area contributed by atoms with Crippen molar-refractivity contribution in [2.45, 2.75) is 64.1 Å². The van der Waals surface area contributed by atoms with Gasteiger partial charge in [-0.15, -0.1) is 0 Å². The fraction of sp³-hybridized carbons (Fsp3) is 0.579. The van der Waals surface area contributed by atoms with Gasteiger partial charge in [0.1, 0.15) is 0 Å². The molecule has 130 valence electrons. The Kier molecular flexibility index (Phi) is 5.19. The summed E-state index contributed by atoms with van der Waals surface area (Å²) in [5, 5.41) is 2.80. The predicted octanol–water partition coefficient (Wildman–Crippen LogP) is 2.65. The number of carbonyl (C=O) groups excluding carboxylic acids is 2. The largest absolute Gasteiger partial charge is 0.334 e. The fourth-order valence-electron chi connectivity index (χ4n) is 3.60. The standard InChI is InChI=1S/C19H27N3O2/c1-13(23)21-16-6-4-5-14(11-16)12-22(19(24)15-9-10-15)18-8-3-2-7-17(18)20/h4-6,11,15,17-18H,2-3,7-10,12,20H2,1H3,(H,21,23). The molecule has 1 aromatic carbocycles. The van der Waals surface area contributed by atoms with E-state index in [4.69, 9.17) is 5.73 Å². The number of hydrogen-bond acceptors (Lipinski definition) is 3. The van der Waals surface area contributed by atoms with Crippen LogP contribution in [0.15, 0.2) is 24.3 Å². The molecule has 0 heterocycles. The molecule has 2 amide bonds. The van der Waals surface area contributed by atoms with Crippen LogP contribution in [0.3, 0.4) is 0 Å². The average molecular weight is 329 g/mol. The second-order valence-corrected chi connectivity index (χ2v) is 7.14. The van der Waals surface area contributed by atoms with Gasteiger partial charge in [-0.3, -0.25) is 9.59 Å². The van der Waals surface area contributed by atoms with Gasteiger partial charge in [0.05, 0.1) is 0 Å². The summed E-state index contributed by atoms with van der Waals surface area (Å²) < 4.78 is 0. The van der Waals surface area contributed by atoms with Gasteiger partial charge < -0.3 is 16.0 Å². The first-order chi connectivity index (χ1) is 11.5. The van der Waals surface area contributed by atoms with Crippen LogP contribution < -0.4 is 11.1 Å². The Morgan fingerprint density at radius 3 is 2.62 bits per heavy atom. The van der Waals surface area contributed by atoms with E-state index in [0.717, 1.165) is 49.8 Å². The third-order valence-corrected chi connectivity index (χ3v) is 4.99. The maximum Gasteiger partial charge on any atom is 0.226 e. The number of nitrogens with two attached hydrogens (primary N) is 1. The summed E-state index contributed by atoms with van der Waals surface area (Å²) in [5.74, 6) is 0.354. The van der Waals surface area contributed by atoms with Crippen molar-refractivity contribution in [3.05, 3.63) is 29.8 Å². The molecule has 2 saturated carbocycles. The molecule has 0 bridgehead atoms. The average Bonchev–Trinajstić information content (AvgIpc) is 3.37. The minimum absolute atomic E-state index is 0.0694. The molecule has 1 aromatic rings. The van der Waals surface area contributed by atoms with Crippen LogP contribution in [0.5, 0.6) is 0 Å². The normalized spacial score (nSPS) is 23.6. The third kappa shape index (κ3) is 4.15. The first kappa shape index (κ1) is 17.0. The summed E-state index contributed by atoms with van der Waals surface area (Å²) in [6.45, 7) is 2.07. The molecule has 2 unspecified atom stereocenters. The van der Waals surface area contributed by atoms with Crippen molar-refractivity contribution in [3.63, 3.8) is 0 Å². The highest BCUT2D eigenvalue weighted by molar-refractivity contribution is 5.88. The van der Waals surface area contributed by atoms with Crippen molar-refractivity contribution >= 4 is 17.5 Å². The Bertz CT molecular complexity index is 612. The zero-order valence-electron chi connectivity index (χ0n) is 14.3. The van der Waals surface area contributed by atoms with Gasteiger partial charge >= 0.3 is 0 Å². The van der Waals surface area contributed by atoms with E-state index in [0.29, 0.717) is 6.54 Å². The molecule has 0 spiro atoms. The summed E-state index contributed by atoms with van der Waals surface area (Å²) in [4.78, 5) is 26.1. The molecule has 0 saturated heterocycles. The second kappa shape index (κ2) is 7.34. The summed E-state index contributed by atoms with van der Waals surface area (Å²) in [7, 11) is 0. The molecule has 2 aliphatic carbocycles. The lowest BCUT2D eigenvalue weighted by molar-refractivity contribution is -0.136. The molecule has 0 aliphatic heterocycles. The Hall–Kier alpha value is -1.88. The van der Waals surface area contributed by atoms with E-state index >= 15 is 0 Å². The van der Waals surface area contributed by atoms with E-state index in [-0.39, 0.29) is 29.8 Å². The van der Waals surface area contributed by atoms with E-state index in [9.17, 15) is 9.59 Å². The van der Waals surface area contributed by atoms with Crippen molar-refractivity contribution in [1.29, 1.82) is 0 Å². The van der Waals surface area contributed by atoms with Gasteiger partial charge in [-0.05, 0) is 43.4 Å². The van der Waals surface area contributed by atoms with Crippen molar-refractivity contribution in [3.8, 4) is 0 Å². The number of anilines is 1. The predicted molar refractivity (Wildman–Crippen MR) is 94.3 cm³/mol. The zero-order chi connectivity index (χ0) is 17.1. The van der Waals surface area contributed by atoms with Gasteiger partial charge in [0.25, 0.3) is 0 Å². The molecule has 5 heteroatoms. The van der Waals surface area contributed by atoms with Crippen LogP contribution in [0.4, 0.5) is 5.69 Å². The molecular formula is C19H27N3O2. The number of carbonyl (C=O) groups is 2. The summed E-state index contributed by atoms with van der Waals surface area (Å²) in [6, 6.07) is 7.94. The molecule has 2 fully saturated rings. The highest BCUT2D eigenvalue weighted by Crippen LogP contribution is 2.34. The summed E-state index contributed by atoms with van der Waals surface area (Å²) in [5.41, 5.74) is 8.14. The Morgan fingerprint density at radius 2 is 1.96 bits per heavy atom. The number of hydrogen-bond donors (Lipinski definition) is 2. The van der Waals surface area contributed by atoms with Crippen molar-refractivity contribution in [2.24, 2.45) is 11.7 Å². The maximum absolute atomic E-state index is 12.8. The van der Waals surface area contributed by atoms with Crippen molar-refractivity contribution < 1.29 is 9.59 Å². The topological polar surface area (TPSA) is 75.4 Å². The lowest BCUT2D eigenvalue weighted by Crippen LogP contribution is -2.52.